The lowest BCUT2D eigenvalue weighted by Gasteiger charge is -2.30. The number of carbonyl (C=O) groups excluding carboxylic acids is 1. The summed E-state index contributed by atoms with van der Waals surface area (Å²) >= 11 is 0. The molecular formula is C17H37N3O. The molecule has 0 rings (SSSR count). The first kappa shape index (κ1) is 20.4. The predicted molar refractivity (Wildman–Crippen MR) is 91.3 cm³/mol. The van der Waals surface area contributed by atoms with Gasteiger partial charge < -0.3 is 16.0 Å². The molecule has 0 bridgehead atoms. The lowest BCUT2D eigenvalue weighted by atomic mass is 9.93. The molecule has 126 valence electrons. The van der Waals surface area contributed by atoms with Gasteiger partial charge in [-0.05, 0) is 59.0 Å². The van der Waals surface area contributed by atoms with E-state index in [1.165, 1.54) is 13.0 Å². The summed E-state index contributed by atoms with van der Waals surface area (Å²) in [5, 5.41) is 3.31. The van der Waals surface area contributed by atoms with Crippen molar-refractivity contribution in [1.29, 1.82) is 0 Å². The van der Waals surface area contributed by atoms with E-state index < -0.39 is 5.54 Å². The Hall–Kier alpha value is -0.610. The van der Waals surface area contributed by atoms with Gasteiger partial charge in [0.25, 0.3) is 0 Å². The van der Waals surface area contributed by atoms with E-state index in [9.17, 15) is 4.79 Å². The van der Waals surface area contributed by atoms with Crippen molar-refractivity contribution in [3.05, 3.63) is 0 Å². The zero-order valence-electron chi connectivity index (χ0n) is 15.0. The van der Waals surface area contributed by atoms with Crippen LogP contribution in [-0.2, 0) is 4.79 Å². The maximum atomic E-state index is 11.7. The maximum Gasteiger partial charge on any atom is 0.237 e. The third kappa shape index (κ3) is 8.42. The number of hydrogen-bond acceptors (Lipinski definition) is 3. The highest BCUT2D eigenvalue weighted by Crippen LogP contribution is 2.15. The van der Waals surface area contributed by atoms with Crippen molar-refractivity contribution in [2.24, 2.45) is 11.7 Å². The van der Waals surface area contributed by atoms with E-state index in [0.29, 0.717) is 0 Å². The maximum absolute atomic E-state index is 11.7. The number of rotatable bonds is 12. The van der Waals surface area contributed by atoms with Crippen LogP contribution in [0.4, 0.5) is 0 Å². The highest BCUT2D eigenvalue weighted by atomic mass is 16.1. The van der Waals surface area contributed by atoms with Gasteiger partial charge in [-0.1, -0.05) is 27.2 Å². The summed E-state index contributed by atoms with van der Waals surface area (Å²) < 4.78 is 0. The zero-order chi connectivity index (χ0) is 16.5. The van der Waals surface area contributed by atoms with Gasteiger partial charge in [-0.25, -0.2) is 0 Å². The molecule has 21 heavy (non-hydrogen) atoms. The smallest absolute Gasteiger partial charge is 0.237 e. The van der Waals surface area contributed by atoms with Crippen LogP contribution in [-0.4, -0.2) is 42.0 Å². The Morgan fingerprint density at radius 1 is 1.24 bits per heavy atom. The van der Waals surface area contributed by atoms with Crippen molar-refractivity contribution in [3.63, 3.8) is 0 Å². The van der Waals surface area contributed by atoms with Crippen molar-refractivity contribution >= 4 is 5.91 Å². The number of nitrogens with two attached hydrogens (primary N) is 1. The van der Waals surface area contributed by atoms with Gasteiger partial charge in [0.15, 0.2) is 0 Å². The molecule has 0 aliphatic heterocycles. The summed E-state index contributed by atoms with van der Waals surface area (Å²) in [6.45, 7) is 16.2. The quantitative estimate of drug-likeness (QED) is 0.545. The van der Waals surface area contributed by atoms with Gasteiger partial charge in [0.2, 0.25) is 5.91 Å². The Morgan fingerprint density at radius 3 is 2.29 bits per heavy atom. The third-order valence-electron chi connectivity index (χ3n) is 4.27. The largest absolute Gasteiger partial charge is 0.368 e. The average molecular weight is 300 g/mol. The van der Waals surface area contributed by atoms with E-state index in [1.807, 2.05) is 20.8 Å². The van der Waals surface area contributed by atoms with Crippen LogP contribution < -0.4 is 11.1 Å². The molecule has 3 N–H and O–H groups in total. The van der Waals surface area contributed by atoms with E-state index in [0.717, 1.165) is 38.3 Å². The molecule has 0 aliphatic carbocycles. The molecule has 2 unspecified atom stereocenters. The van der Waals surface area contributed by atoms with Gasteiger partial charge in [-0.3, -0.25) is 4.79 Å². The number of primary amides is 1. The topological polar surface area (TPSA) is 58.4 Å². The summed E-state index contributed by atoms with van der Waals surface area (Å²) in [7, 11) is 0. The summed E-state index contributed by atoms with van der Waals surface area (Å²) in [6.07, 6.45) is 4.18. The zero-order valence-corrected chi connectivity index (χ0v) is 15.0. The van der Waals surface area contributed by atoms with E-state index >= 15 is 0 Å². The third-order valence-corrected chi connectivity index (χ3v) is 4.27. The van der Waals surface area contributed by atoms with Gasteiger partial charge in [0, 0.05) is 12.6 Å². The first-order chi connectivity index (χ1) is 9.75. The summed E-state index contributed by atoms with van der Waals surface area (Å²) in [5.41, 5.74) is 4.98. The molecule has 0 aliphatic rings. The minimum Gasteiger partial charge on any atom is -0.368 e. The number of hydrogen-bond donors (Lipinski definition) is 2. The van der Waals surface area contributed by atoms with E-state index in [1.54, 1.807) is 0 Å². The summed E-state index contributed by atoms with van der Waals surface area (Å²) in [4.78, 5) is 14.2. The van der Waals surface area contributed by atoms with Crippen molar-refractivity contribution in [2.75, 3.05) is 19.6 Å². The highest BCUT2D eigenvalue weighted by Gasteiger charge is 2.30. The summed E-state index contributed by atoms with van der Waals surface area (Å²) in [6, 6.07) is 0.264. The molecule has 0 aromatic carbocycles. The summed E-state index contributed by atoms with van der Waals surface area (Å²) in [5.74, 6) is 0.506. The molecular weight excluding hydrogens is 262 g/mol. The second kappa shape index (κ2) is 10.2. The first-order valence-electron chi connectivity index (χ1n) is 8.55. The van der Waals surface area contributed by atoms with Crippen LogP contribution in [0.15, 0.2) is 0 Å². The second-order valence-corrected chi connectivity index (χ2v) is 6.86. The fourth-order valence-electron chi connectivity index (χ4n) is 2.67. The molecule has 0 saturated heterocycles. The number of amides is 1. The molecule has 0 fully saturated rings. The normalized spacial score (nSPS) is 16.2. The Bertz CT molecular complexity index is 294. The molecule has 1 amide bonds. The van der Waals surface area contributed by atoms with Crippen molar-refractivity contribution in [3.8, 4) is 0 Å². The Balaban J connectivity index is 4.17. The monoisotopic (exact) mass is 299 g/mol. The molecule has 4 heteroatoms. The fourth-order valence-corrected chi connectivity index (χ4v) is 2.67. The molecule has 0 radical (unpaired) electrons. The Morgan fingerprint density at radius 2 is 1.86 bits per heavy atom. The minimum absolute atomic E-state index is 0.247. The predicted octanol–water partition coefficient (Wildman–Crippen LogP) is 2.77. The molecule has 0 aromatic rings. The molecule has 0 aromatic heterocycles. The number of unbranched alkanes of at least 4 members (excludes halogenated alkanes) is 1. The van der Waals surface area contributed by atoms with Gasteiger partial charge in [-0.15, -0.1) is 0 Å². The van der Waals surface area contributed by atoms with Crippen molar-refractivity contribution < 1.29 is 4.79 Å². The Kier molecular flexibility index (Phi) is 9.88. The van der Waals surface area contributed by atoms with Gasteiger partial charge in [0.05, 0.1) is 5.54 Å². The van der Waals surface area contributed by atoms with Crippen LogP contribution in [0.2, 0.25) is 0 Å². The van der Waals surface area contributed by atoms with Crippen LogP contribution in [0.5, 0.6) is 0 Å². The van der Waals surface area contributed by atoms with Gasteiger partial charge in [-0.2, -0.15) is 0 Å². The average Bonchev–Trinajstić information content (AvgIpc) is 2.40. The highest BCUT2D eigenvalue weighted by molar-refractivity contribution is 5.84. The SMILES string of the molecule is CCC(C)CN(CC)CCCCC(C)(NC(C)C)C(N)=O. The van der Waals surface area contributed by atoms with E-state index in [-0.39, 0.29) is 11.9 Å². The van der Waals surface area contributed by atoms with E-state index in [4.69, 9.17) is 5.73 Å². The lowest BCUT2D eigenvalue weighted by molar-refractivity contribution is -0.124. The van der Waals surface area contributed by atoms with Crippen LogP contribution in [0.3, 0.4) is 0 Å². The first-order valence-corrected chi connectivity index (χ1v) is 8.55. The van der Waals surface area contributed by atoms with Crippen LogP contribution in [0, 0.1) is 5.92 Å². The second-order valence-electron chi connectivity index (χ2n) is 6.86. The van der Waals surface area contributed by atoms with Crippen LogP contribution >= 0.6 is 0 Å². The van der Waals surface area contributed by atoms with Crippen LogP contribution in [0.25, 0.3) is 0 Å². The number of carbonyl (C=O) groups is 1. The van der Waals surface area contributed by atoms with Crippen molar-refractivity contribution in [2.45, 2.75) is 78.8 Å². The van der Waals surface area contributed by atoms with Gasteiger partial charge >= 0.3 is 0 Å². The molecule has 2 atom stereocenters. The molecule has 0 saturated carbocycles. The molecule has 4 nitrogen and oxygen atoms in total. The number of nitrogens with one attached hydrogen (secondary N) is 1. The lowest BCUT2D eigenvalue weighted by Crippen LogP contribution is -2.55. The Labute approximate surface area is 131 Å². The standard InChI is InChI=1S/C17H37N3O/c1-7-15(5)13-20(8-2)12-10-9-11-17(6,16(18)21)19-14(3)4/h14-15,19H,7-13H2,1-6H3,(H2,18,21). The minimum atomic E-state index is -0.581. The molecule has 0 spiro atoms. The van der Waals surface area contributed by atoms with Gasteiger partial charge in [0.1, 0.15) is 0 Å². The van der Waals surface area contributed by atoms with Crippen LogP contribution in [0.1, 0.15) is 67.2 Å². The fraction of sp³-hybridized carbons (Fsp3) is 0.941. The number of nitrogens with zero attached hydrogens (tertiary/aromatic N) is 1. The van der Waals surface area contributed by atoms with E-state index in [2.05, 4.69) is 31.0 Å². The molecule has 0 heterocycles. The van der Waals surface area contributed by atoms with Crippen molar-refractivity contribution in [1.82, 2.24) is 10.2 Å².